The Morgan fingerprint density at radius 1 is 1.17 bits per heavy atom. The highest BCUT2D eigenvalue weighted by atomic mass is 16.2. The number of nitrogens with one attached hydrogen (secondary N) is 1. The van der Waals surface area contributed by atoms with Crippen molar-refractivity contribution in [1.82, 2.24) is 5.32 Å². The molecule has 0 bridgehead atoms. The van der Waals surface area contributed by atoms with E-state index in [0.717, 1.165) is 38.0 Å². The lowest BCUT2D eigenvalue weighted by Gasteiger charge is -2.30. The molecule has 4 unspecified atom stereocenters. The van der Waals surface area contributed by atoms with Crippen molar-refractivity contribution < 1.29 is 4.79 Å². The monoisotopic (exact) mass is 252 g/mol. The van der Waals surface area contributed by atoms with Crippen molar-refractivity contribution in [2.45, 2.75) is 77.3 Å². The van der Waals surface area contributed by atoms with E-state index >= 15 is 0 Å². The van der Waals surface area contributed by atoms with Crippen LogP contribution < -0.4 is 11.1 Å². The lowest BCUT2D eigenvalue weighted by Crippen LogP contribution is -2.50. The van der Waals surface area contributed by atoms with Crippen LogP contribution in [0.2, 0.25) is 0 Å². The Balaban J connectivity index is 1.90. The zero-order valence-electron chi connectivity index (χ0n) is 11.9. The average molecular weight is 252 g/mol. The summed E-state index contributed by atoms with van der Waals surface area (Å²) in [6.45, 7) is 4.36. The zero-order valence-corrected chi connectivity index (χ0v) is 11.9. The van der Waals surface area contributed by atoms with Gasteiger partial charge in [-0.15, -0.1) is 0 Å². The number of amides is 1. The first-order chi connectivity index (χ1) is 8.52. The highest BCUT2D eigenvalue weighted by Gasteiger charge is 2.43. The summed E-state index contributed by atoms with van der Waals surface area (Å²) in [5.41, 5.74) is 5.79. The van der Waals surface area contributed by atoms with Gasteiger partial charge in [0.1, 0.15) is 0 Å². The van der Waals surface area contributed by atoms with Crippen LogP contribution in [0.15, 0.2) is 0 Å². The van der Waals surface area contributed by atoms with Gasteiger partial charge in [0.25, 0.3) is 0 Å². The molecule has 1 amide bonds. The lowest BCUT2D eigenvalue weighted by atomic mass is 9.83. The second kappa shape index (κ2) is 5.60. The third-order valence-electron chi connectivity index (χ3n) is 5.14. The fraction of sp³-hybridized carbons (Fsp3) is 0.933. The van der Waals surface area contributed by atoms with E-state index < -0.39 is 0 Å². The predicted octanol–water partition coefficient (Wildman–Crippen LogP) is 2.59. The minimum atomic E-state index is -0.322. The molecule has 0 aromatic carbocycles. The van der Waals surface area contributed by atoms with Gasteiger partial charge in [-0.25, -0.2) is 0 Å². The van der Waals surface area contributed by atoms with Crippen molar-refractivity contribution >= 4 is 5.91 Å². The van der Waals surface area contributed by atoms with Crippen LogP contribution in [0.5, 0.6) is 0 Å². The zero-order chi connectivity index (χ0) is 13.2. The molecule has 0 saturated heterocycles. The molecule has 0 spiro atoms. The minimum absolute atomic E-state index is 0.0437. The first-order valence-corrected chi connectivity index (χ1v) is 7.59. The van der Waals surface area contributed by atoms with E-state index in [1.165, 1.54) is 19.3 Å². The molecule has 104 valence electrons. The van der Waals surface area contributed by atoms with Crippen LogP contribution in [0.1, 0.15) is 65.2 Å². The quantitative estimate of drug-likeness (QED) is 0.742. The maximum Gasteiger partial charge on any atom is 0.227 e. The average Bonchev–Trinajstić information content (AvgIpc) is 2.55. The standard InChI is InChI=1S/C15H28N2O/c1-11-5-3-6-12(9-8-11)17-14(18)15(2)10-4-7-13(15)16/h11-13H,3-10,16H2,1-2H3,(H,17,18). The molecule has 3 N–H and O–H groups in total. The molecule has 18 heavy (non-hydrogen) atoms. The summed E-state index contributed by atoms with van der Waals surface area (Å²) in [4.78, 5) is 12.4. The molecule has 0 aromatic rings. The van der Waals surface area contributed by atoms with Gasteiger partial charge in [-0.2, -0.15) is 0 Å². The topological polar surface area (TPSA) is 55.1 Å². The second-order valence-corrected chi connectivity index (χ2v) is 6.70. The Kier molecular flexibility index (Phi) is 4.31. The van der Waals surface area contributed by atoms with Crippen molar-refractivity contribution in [3.05, 3.63) is 0 Å². The van der Waals surface area contributed by atoms with Crippen molar-refractivity contribution in [2.75, 3.05) is 0 Å². The minimum Gasteiger partial charge on any atom is -0.353 e. The number of hydrogen-bond acceptors (Lipinski definition) is 2. The fourth-order valence-corrected chi connectivity index (χ4v) is 3.46. The molecule has 2 aliphatic carbocycles. The summed E-state index contributed by atoms with van der Waals surface area (Å²) in [5.74, 6) is 1.02. The molecule has 0 aromatic heterocycles. The lowest BCUT2D eigenvalue weighted by molar-refractivity contribution is -0.131. The number of hydrogen-bond donors (Lipinski definition) is 2. The summed E-state index contributed by atoms with van der Waals surface area (Å²) in [5, 5.41) is 3.27. The van der Waals surface area contributed by atoms with Gasteiger partial charge in [0.05, 0.1) is 5.41 Å². The van der Waals surface area contributed by atoms with Crippen LogP contribution in [0, 0.1) is 11.3 Å². The van der Waals surface area contributed by atoms with Gasteiger partial charge >= 0.3 is 0 Å². The van der Waals surface area contributed by atoms with Gasteiger partial charge in [-0.3, -0.25) is 4.79 Å². The SMILES string of the molecule is CC1CCCC(NC(=O)C2(C)CCCC2N)CC1. The summed E-state index contributed by atoms with van der Waals surface area (Å²) >= 11 is 0. The van der Waals surface area contributed by atoms with Crippen LogP contribution in [0.25, 0.3) is 0 Å². The maximum absolute atomic E-state index is 12.4. The molecular weight excluding hydrogens is 224 g/mol. The first kappa shape index (κ1) is 13.9. The van der Waals surface area contributed by atoms with Crippen LogP contribution in [-0.4, -0.2) is 18.0 Å². The van der Waals surface area contributed by atoms with Crippen molar-refractivity contribution in [2.24, 2.45) is 17.1 Å². The molecule has 0 radical (unpaired) electrons. The summed E-state index contributed by atoms with van der Waals surface area (Å²) < 4.78 is 0. The number of carbonyl (C=O) groups excluding carboxylic acids is 1. The second-order valence-electron chi connectivity index (χ2n) is 6.70. The van der Waals surface area contributed by atoms with E-state index in [-0.39, 0.29) is 17.4 Å². The smallest absolute Gasteiger partial charge is 0.227 e. The molecule has 0 heterocycles. The molecule has 2 fully saturated rings. The van der Waals surface area contributed by atoms with E-state index in [2.05, 4.69) is 12.2 Å². The first-order valence-electron chi connectivity index (χ1n) is 7.59. The highest BCUT2D eigenvalue weighted by molar-refractivity contribution is 5.83. The van der Waals surface area contributed by atoms with E-state index in [4.69, 9.17) is 5.73 Å². The van der Waals surface area contributed by atoms with Gasteiger partial charge in [-0.1, -0.05) is 26.2 Å². The van der Waals surface area contributed by atoms with E-state index in [1.54, 1.807) is 0 Å². The fourth-order valence-electron chi connectivity index (χ4n) is 3.46. The Hall–Kier alpha value is -0.570. The van der Waals surface area contributed by atoms with Gasteiger partial charge in [-0.05, 0) is 44.9 Å². The molecular formula is C15H28N2O. The molecule has 4 atom stereocenters. The molecule has 3 nitrogen and oxygen atoms in total. The summed E-state index contributed by atoms with van der Waals surface area (Å²) in [6.07, 6.45) is 9.10. The third-order valence-corrected chi connectivity index (χ3v) is 5.14. The Bertz CT molecular complexity index is 305. The largest absolute Gasteiger partial charge is 0.353 e. The van der Waals surface area contributed by atoms with Crippen LogP contribution >= 0.6 is 0 Å². The maximum atomic E-state index is 12.4. The Labute approximate surface area is 111 Å². The number of rotatable bonds is 2. The normalized spacial score (nSPS) is 41.4. The van der Waals surface area contributed by atoms with Crippen molar-refractivity contribution in [1.29, 1.82) is 0 Å². The van der Waals surface area contributed by atoms with E-state index in [0.29, 0.717) is 6.04 Å². The molecule has 2 saturated carbocycles. The van der Waals surface area contributed by atoms with Gasteiger partial charge in [0, 0.05) is 12.1 Å². The Morgan fingerprint density at radius 3 is 2.61 bits per heavy atom. The Morgan fingerprint density at radius 2 is 1.94 bits per heavy atom. The molecule has 3 heteroatoms. The third kappa shape index (κ3) is 2.87. The van der Waals surface area contributed by atoms with Gasteiger partial charge < -0.3 is 11.1 Å². The van der Waals surface area contributed by atoms with Crippen LogP contribution in [0.3, 0.4) is 0 Å². The predicted molar refractivity (Wildman–Crippen MR) is 74.1 cm³/mol. The van der Waals surface area contributed by atoms with Crippen LogP contribution in [0.4, 0.5) is 0 Å². The molecule has 0 aliphatic heterocycles. The highest BCUT2D eigenvalue weighted by Crippen LogP contribution is 2.37. The number of carbonyl (C=O) groups is 1. The number of nitrogens with two attached hydrogens (primary N) is 1. The summed E-state index contributed by atoms with van der Waals surface area (Å²) in [6, 6.07) is 0.425. The van der Waals surface area contributed by atoms with Gasteiger partial charge in [0.15, 0.2) is 0 Å². The van der Waals surface area contributed by atoms with Crippen molar-refractivity contribution in [3.63, 3.8) is 0 Å². The van der Waals surface area contributed by atoms with Crippen LogP contribution in [-0.2, 0) is 4.79 Å². The van der Waals surface area contributed by atoms with E-state index in [1.807, 2.05) is 6.92 Å². The van der Waals surface area contributed by atoms with Gasteiger partial charge in [0.2, 0.25) is 5.91 Å². The molecule has 2 rings (SSSR count). The van der Waals surface area contributed by atoms with Crippen molar-refractivity contribution in [3.8, 4) is 0 Å². The molecule has 2 aliphatic rings. The summed E-state index contributed by atoms with van der Waals surface area (Å²) in [7, 11) is 0. The van der Waals surface area contributed by atoms with E-state index in [9.17, 15) is 4.79 Å².